The molecule has 3 atom stereocenters. The normalized spacial score (nSPS) is 21.5. The van der Waals surface area contributed by atoms with Crippen molar-refractivity contribution in [3.05, 3.63) is 58.3 Å². The third kappa shape index (κ3) is 7.22. The number of thioether (sulfide) groups is 1. The van der Waals surface area contributed by atoms with Gasteiger partial charge in [-0.05, 0) is 68.1 Å². The van der Waals surface area contributed by atoms with Crippen molar-refractivity contribution in [2.45, 2.75) is 101 Å². The lowest BCUT2D eigenvalue weighted by atomic mass is 9.84. The molecule has 4 amide bonds. The lowest BCUT2D eigenvalue weighted by Crippen LogP contribution is -2.63. The van der Waals surface area contributed by atoms with E-state index in [4.69, 9.17) is 11.5 Å². The van der Waals surface area contributed by atoms with Crippen molar-refractivity contribution in [2.24, 2.45) is 17.4 Å². The number of Topliss-reactive ketones (excluding diaryl/α,β-unsaturated/α-hetero) is 1. The number of nitrogens with zero attached hydrogens (tertiary/aromatic N) is 5. The van der Waals surface area contributed by atoms with Gasteiger partial charge in [0.1, 0.15) is 28.9 Å². The van der Waals surface area contributed by atoms with Crippen molar-refractivity contribution < 1.29 is 29.1 Å². The highest BCUT2D eigenvalue weighted by molar-refractivity contribution is 7.99. The number of aromatic nitrogens is 4. The molecule has 278 valence electrons. The number of primary amides is 2. The van der Waals surface area contributed by atoms with Crippen LogP contribution in [-0.4, -0.2) is 88.6 Å². The zero-order valence-corrected chi connectivity index (χ0v) is 30.3. The molecule has 1 aromatic carbocycles. The molecule has 2 saturated heterocycles. The molecule has 0 spiro atoms. The second kappa shape index (κ2) is 14.8. The molecule has 1 saturated carbocycles. The highest BCUT2D eigenvalue weighted by Crippen LogP contribution is 2.37. The summed E-state index contributed by atoms with van der Waals surface area (Å²) in [4.78, 5) is 83.8. The summed E-state index contributed by atoms with van der Waals surface area (Å²) in [5, 5.41) is 22.8. The summed E-state index contributed by atoms with van der Waals surface area (Å²) in [7, 11) is 0. The summed E-state index contributed by atoms with van der Waals surface area (Å²) in [6, 6.07) is 5.25. The first-order valence-corrected chi connectivity index (χ1v) is 19.0. The first-order chi connectivity index (χ1) is 24.7. The smallest absolute Gasteiger partial charge is 0.287 e. The van der Waals surface area contributed by atoms with Gasteiger partial charge in [-0.1, -0.05) is 55.5 Å². The largest absolute Gasteiger partial charge is 0.384 e. The first kappa shape index (κ1) is 37.2. The molecule has 1 aliphatic carbocycles. The highest BCUT2D eigenvalue weighted by Gasteiger charge is 2.49. The van der Waals surface area contributed by atoms with E-state index in [-0.39, 0.29) is 43.8 Å². The van der Waals surface area contributed by atoms with Crippen LogP contribution < -0.4 is 22.3 Å². The van der Waals surface area contributed by atoms with Crippen LogP contribution >= 0.6 is 11.8 Å². The fraction of sp³-hybridized carbons (Fsp3) is 0.556. The van der Waals surface area contributed by atoms with E-state index in [0.29, 0.717) is 28.0 Å². The average molecular weight is 735 g/mol. The molecule has 0 radical (unpaired) electrons. The maximum absolute atomic E-state index is 15.2. The van der Waals surface area contributed by atoms with E-state index in [1.165, 1.54) is 26.4 Å². The van der Waals surface area contributed by atoms with Gasteiger partial charge in [0.15, 0.2) is 0 Å². The second-order valence-corrected chi connectivity index (χ2v) is 16.0. The number of hydrogen-bond acceptors (Lipinski definition) is 10. The molecule has 3 fully saturated rings. The van der Waals surface area contributed by atoms with Crippen molar-refractivity contribution >= 4 is 51.9 Å². The van der Waals surface area contributed by atoms with Crippen molar-refractivity contribution in [2.75, 3.05) is 18.1 Å². The average Bonchev–Trinajstić information content (AvgIpc) is 3.80. The molecular formula is C36H46N8O7S. The Morgan fingerprint density at radius 3 is 2.42 bits per heavy atom. The topological polar surface area (TPSA) is 226 Å². The number of fused-ring (bicyclic) bond motifs is 1. The molecule has 3 aromatic rings. The minimum Gasteiger partial charge on any atom is -0.384 e. The predicted molar refractivity (Wildman–Crippen MR) is 193 cm³/mol. The van der Waals surface area contributed by atoms with Crippen LogP contribution in [0.5, 0.6) is 0 Å². The molecule has 4 heterocycles. The number of rotatable bonds is 11. The van der Waals surface area contributed by atoms with Gasteiger partial charge < -0.3 is 26.8 Å². The minimum atomic E-state index is -1.54. The van der Waals surface area contributed by atoms with Crippen LogP contribution in [0.4, 0.5) is 0 Å². The van der Waals surface area contributed by atoms with Crippen molar-refractivity contribution in [3.8, 4) is 0 Å². The summed E-state index contributed by atoms with van der Waals surface area (Å²) in [6.45, 7) is 3.08. The van der Waals surface area contributed by atoms with Crippen LogP contribution in [0.15, 0.2) is 41.3 Å². The molecule has 0 bridgehead atoms. The lowest BCUT2D eigenvalue weighted by Gasteiger charge is -2.38. The fourth-order valence-electron chi connectivity index (χ4n) is 8.14. The molecule has 0 unspecified atom stereocenters. The Labute approximate surface area is 304 Å². The van der Waals surface area contributed by atoms with Gasteiger partial charge >= 0.3 is 0 Å². The molecule has 2 aliphatic heterocycles. The van der Waals surface area contributed by atoms with Gasteiger partial charge in [0.25, 0.3) is 17.4 Å². The number of ketones is 1. The second-order valence-electron chi connectivity index (χ2n) is 14.8. The number of aliphatic hydroxyl groups is 1. The van der Waals surface area contributed by atoms with Crippen molar-refractivity contribution in [1.82, 2.24) is 29.8 Å². The zero-order chi connectivity index (χ0) is 37.4. The minimum absolute atomic E-state index is 0.0189. The molecule has 3 aliphatic rings. The summed E-state index contributed by atoms with van der Waals surface area (Å²) < 4.78 is 2.68. The third-order valence-corrected chi connectivity index (χ3v) is 11.9. The standard InChI is InChI=1S/C36H46N8O7S/c1-35(2,51)28-19-39-41-44(28)23-18-26(32(48)40-36(29(45)31(38)47)12-14-52-15-13-36)42(20-23)34(50)27(16-21-8-4-3-5-9-21)43-25(30(37)46)17-22-10-6-7-11-24(22)33(43)49/h6-7,10-11,17,19,21,23,26-27,51H,3-5,8-9,12-16,18,20H2,1-2H3,(H2,37,46)(H2,38,47)(H,40,48)/t23-,26-,27+/m0/s1. The molecule has 52 heavy (non-hydrogen) atoms. The number of pyridine rings is 1. The first-order valence-electron chi connectivity index (χ1n) is 17.8. The van der Waals surface area contributed by atoms with Crippen LogP contribution in [-0.2, 0) is 24.8 Å². The summed E-state index contributed by atoms with van der Waals surface area (Å²) in [6.07, 6.45) is 6.65. The Morgan fingerprint density at radius 1 is 1.08 bits per heavy atom. The van der Waals surface area contributed by atoms with Crippen LogP contribution in [0.25, 0.3) is 10.8 Å². The van der Waals surface area contributed by atoms with E-state index >= 15 is 4.79 Å². The summed E-state index contributed by atoms with van der Waals surface area (Å²) >= 11 is 1.58. The van der Waals surface area contributed by atoms with Crippen LogP contribution in [0.2, 0.25) is 0 Å². The third-order valence-electron chi connectivity index (χ3n) is 10.9. The number of carbonyl (C=O) groups is 5. The number of nitrogens with one attached hydrogen (secondary N) is 1. The van der Waals surface area contributed by atoms with E-state index in [2.05, 4.69) is 15.6 Å². The van der Waals surface area contributed by atoms with Crippen molar-refractivity contribution in [1.29, 1.82) is 0 Å². The number of amides is 4. The number of carbonyl (C=O) groups excluding carboxylic acids is 5. The monoisotopic (exact) mass is 734 g/mol. The number of hydrogen-bond donors (Lipinski definition) is 4. The Bertz CT molecular complexity index is 1940. The van der Waals surface area contributed by atoms with Crippen LogP contribution in [0.3, 0.4) is 0 Å². The lowest BCUT2D eigenvalue weighted by molar-refractivity contribution is -0.145. The van der Waals surface area contributed by atoms with Gasteiger partial charge in [-0.25, -0.2) is 4.68 Å². The van der Waals surface area contributed by atoms with Gasteiger partial charge in [-0.2, -0.15) is 11.8 Å². The molecule has 6 N–H and O–H groups in total. The SMILES string of the molecule is CC(C)(O)c1cnnn1[C@H]1C[C@@H](C(=O)NC2(C(=O)C(N)=O)CCSCC2)N(C(=O)[C@@H](CC2CCCCC2)n2c(C(N)=O)cc3ccccc3c2=O)C1. The van der Waals surface area contributed by atoms with E-state index in [1.807, 2.05) is 0 Å². The van der Waals surface area contributed by atoms with Gasteiger partial charge in [0, 0.05) is 18.4 Å². The maximum atomic E-state index is 15.2. The maximum Gasteiger partial charge on any atom is 0.287 e. The Hall–Kier alpha value is -4.57. The molecule has 6 rings (SSSR count). The Kier molecular flexibility index (Phi) is 10.6. The molecule has 15 nitrogen and oxygen atoms in total. The predicted octanol–water partition coefficient (Wildman–Crippen LogP) is 1.71. The van der Waals surface area contributed by atoms with Crippen LogP contribution in [0.1, 0.15) is 99.9 Å². The quantitative estimate of drug-likeness (QED) is 0.209. The number of benzene rings is 1. The number of likely N-dealkylation sites (tertiary alicyclic amines) is 1. The molecule has 16 heteroatoms. The molecule has 2 aromatic heterocycles. The van der Waals surface area contributed by atoms with Gasteiger partial charge in [-0.3, -0.25) is 33.3 Å². The van der Waals surface area contributed by atoms with Crippen LogP contribution in [0, 0.1) is 5.92 Å². The van der Waals surface area contributed by atoms with E-state index in [0.717, 1.165) is 32.1 Å². The highest BCUT2D eigenvalue weighted by atomic mass is 32.2. The van der Waals surface area contributed by atoms with E-state index in [1.54, 1.807) is 49.9 Å². The molecular weight excluding hydrogens is 689 g/mol. The Morgan fingerprint density at radius 2 is 1.77 bits per heavy atom. The summed E-state index contributed by atoms with van der Waals surface area (Å²) in [5.41, 5.74) is 8.13. The van der Waals surface area contributed by atoms with Gasteiger partial charge in [0.2, 0.25) is 17.6 Å². The van der Waals surface area contributed by atoms with Gasteiger partial charge in [0.05, 0.1) is 17.9 Å². The van der Waals surface area contributed by atoms with Crippen molar-refractivity contribution in [3.63, 3.8) is 0 Å². The van der Waals surface area contributed by atoms with Gasteiger partial charge in [-0.15, -0.1) is 5.10 Å². The zero-order valence-electron chi connectivity index (χ0n) is 29.5. The Balaban J connectivity index is 1.46. The van der Waals surface area contributed by atoms with E-state index in [9.17, 15) is 29.1 Å². The van der Waals surface area contributed by atoms with E-state index < -0.39 is 64.2 Å². The summed E-state index contributed by atoms with van der Waals surface area (Å²) in [5.74, 6) is -3.12. The number of nitrogens with two attached hydrogens (primary N) is 2. The fourth-order valence-corrected chi connectivity index (χ4v) is 9.33.